The van der Waals surface area contributed by atoms with Gasteiger partial charge in [0.2, 0.25) is 5.95 Å². The second-order valence-corrected chi connectivity index (χ2v) is 11.9. The van der Waals surface area contributed by atoms with Crippen molar-refractivity contribution >= 4 is 33.3 Å². The third-order valence-electron chi connectivity index (χ3n) is 7.82. The van der Waals surface area contributed by atoms with E-state index in [4.69, 9.17) is 19.9 Å². The van der Waals surface area contributed by atoms with E-state index in [2.05, 4.69) is 15.4 Å². The number of nitrogens with one attached hydrogen (secondary N) is 2. The zero-order valence-corrected chi connectivity index (χ0v) is 25.5. The highest BCUT2D eigenvalue weighted by Crippen LogP contribution is 2.39. The maximum absolute atomic E-state index is 12.6. The van der Waals surface area contributed by atoms with Crippen LogP contribution < -0.4 is 15.4 Å². The van der Waals surface area contributed by atoms with Gasteiger partial charge in [0.05, 0.1) is 39.8 Å². The second kappa shape index (κ2) is 12.8. The van der Waals surface area contributed by atoms with E-state index in [-0.39, 0.29) is 24.3 Å². The topological polar surface area (TPSA) is 146 Å². The summed E-state index contributed by atoms with van der Waals surface area (Å²) in [5.74, 6) is -0.187. The number of rotatable bonds is 10. The van der Waals surface area contributed by atoms with Gasteiger partial charge in [-0.15, -0.1) is 24.5 Å². The predicted octanol–water partition coefficient (Wildman–Crippen LogP) is 5.17. The van der Waals surface area contributed by atoms with E-state index in [9.17, 15) is 28.5 Å². The van der Waals surface area contributed by atoms with Crippen molar-refractivity contribution in [3.8, 4) is 16.3 Å². The lowest BCUT2D eigenvalue weighted by Gasteiger charge is -2.22. The van der Waals surface area contributed by atoms with Crippen molar-refractivity contribution in [3.63, 3.8) is 0 Å². The molecule has 5 atom stereocenters. The lowest BCUT2D eigenvalue weighted by Crippen LogP contribution is -2.35. The highest BCUT2D eigenvalue weighted by Gasteiger charge is 2.41. The molecule has 5 rings (SSSR count). The van der Waals surface area contributed by atoms with Crippen molar-refractivity contribution in [3.05, 3.63) is 53.0 Å². The maximum Gasteiger partial charge on any atom is 0.573 e. The summed E-state index contributed by atoms with van der Waals surface area (Å²) in [7, 11) is 0. The van der Waals surface area contributed by atoms with Gasteiger partial charge < -0.3 is 30.7 Å². The lowest BCUT2D eigenvalue weighted by molar-refractivity contribution is -0.274. The zero-order chi connectivity index (χ0) is 31.8. The van der Waals surface area contributed by atoms with E-state index in [0.29, 0.717) is 40.5 Å². The number of thiazole rings is 1. The van der Waals surface area contributed by atoms with Crippen LogP contribution in [0.3, 0.4) is 0 Å². The molecule has 0 bridgehead atoms. The molecule has 10 nitrogen and oxygen atoms in total. The SMILES string of the molecule is CCc1cc2sc(-c3c(C)nc(N[C@H](C)c4ccc(OC(F)(F)F)cc4)nc3NC3C[C@H](CO)[C@@H](O)[C@H]3O)nc2c(CC)n1. The molecular formula is C30H35F3N6O4S. The van der Waals surface area contributed by atoms with Crippen LogP contribution in [-0.4, -0.2) is 66.5 Å². The van der Waals surface area contributed by atoms with Gasteiger partial charge in [-0.1, -0.05) is 26.0 Å². The molecule has 0 aliphatic heterocycles. The van der Waals surface area contributed by atoms with Gasteiger partial charge in [-0.25, -0.2) is 9.97 Å². The average Bonchev–Trinajstić information content (AvgIpc) is 3.51. The molecular weight excluding hydrogens is 597 g/mol. The largest absolute Gasteiger partial charge is 0.573 e. The fourth-order valence-electron chi connectivity index (χ4n) is 5.44. The van der Waals surface area contributed by atoms with Crippen LogP contribution in [0.5, 0.6) is 5.75 Å². The molecule has 0 radical (unpaired) electrons. The van der Waals surface area contributed by atoms with Crippen LogP contribution in [0.25, 0.3) is 20.8 Å². The second-order valence-electron chi connectivity index (χ2n) is 10.9. The molecule has 4 aromatic rings. The third kappa shape index (κ3) is 6.72. The molecule has 14 heteroatoms. The van der Waals surface area contributed by atoms with Crippen LogP contribution in [0.15, 0.2) is 30.3 Å². The zero-order valence-electron chi connectivity index (χ0n) is 24.7. The Hall–Kier alpha value is -3.59. The minimum absolute atomic E-state index is 0.244. The Bertz CT molecular complexity index is 1620. The molecule has 5 N–H and O–H groups in total. The molecule has 1 aromatic carbocycles. The van der Waals surface area contributed by atoms with Crippen LogP contribution in [0.1, 0.15) is 55.9 Å². The standard InChI is InChI=1S/C30H35F3N6O4S/c1-5-18-12-22-24(20(6-2)36-18)38-28(44-22)23-15(4)35-29(39-27(23)37-21-11-17(13-40)25(41)26(21)42)34-14(3)16-7-9-19(10-8-16)43-30(31,32)33/h7-10,12,14,17,21,25-26,40-42H,5-6,11,13H2,1-4H3,(H2,34,35,37,39)/t14-,17-,21?,25-,26+/m1/s1. The van der Waals surface area contributed by atoms with Crippen molar-refractivity contribution in [2.45, 2.75) is 77.6 Å². The number of aromatic nitrogens is 4. The molecule has 236 valence electrons. The van der Waals surface area contributed by atoms with Crippen molar-refractivity contribution in [2.75, 3.05) is 17.2 Å². The minimum Gasteiger partial charge on any atom is -0.406 e. The Morgan fingerprint density at radius 3 is 2.39 bits per heavy atom. The Morgan fingerprint density at radius 2 is 1.77 bits per heavy atom. The number of nitrogens with zero attached hydrogens (tertiary/aromatic N) is 4. The molecule has 3 heterocycles. The van der Waals surface area contributed by atoms with Crippen molar-refractivity contribution < 1.29 is 33.2 Å². The third-order valence-corrected chi connectivity index (χ3v) is 8.84. The first kappa shape index (κ1) is 31.8. The normalized spacial score (nSPS) is 21.0. The van der Waals surface area contributed by atoms with Gasteiger partial charge >= 0.3 is 6.36 Å². The Kier molecular flexibility index (Phi) is 9.25. The molecule has 44 heavy (non-hydrogen) atoms. The number of hydrogen-bond acceptors (Lipinski definition) is 11. The highest BCUT2D eigenvalue weighted by atomic mass is 32.1. The van der Waals surface area contributed by atoms with E-state index < -0.39 is 30.5 Å². The number of alkyl halides is 3. The Balaban J connectivity index is 1.51. The molecule has 1 aliphatic carbocycles. The van der Waals surface area contributed by atoms with Crippen molar-refractivity contribution in [1.29, 1.82) is 0 Å². The number of aryl methyl sites for hydroxylation is 3. The molecule has 0 saturated heterocycles. The number of pyridine rings is 1. The maximum atomic E-state index is 12.6. The monoisotopic (exact) mass is 632 g/mol. The van der Waals surface area contributed by atoms with Crippen LogP contribution >= 0.6 is 11.3 Å². The van der Waals surface area contributed by atoms with Crippen molar-refractivity contribution in [1.82, 2.24) is 19.9 Å². The van der Waals surface area contributed by atoms with Gasteiger partial charge in [-0.05, 0) is 56.9 Å². The van der Waals surface area contributed by atoms with Crippen LogP contribution in [-0.2, 0) is 12.8 Å². The fraction of sp³-hybridized carbons (Fsp3) is 0.467. The van der Waals surface area contributed by atoms with E-state index in [1.54, 1.807) is 0 Å². The number of aliphatic hydroxyl groups is 3. The van der Waals surface area contributed by atoms with Gasteiger partial charge in [-0.2, -0.15) is 4.98 Å². The van der Waals surface area contributed by atoms with E-state index in [1.807, 2.05) is 33.8 Å². The van der Waals surface area contributed by atoms with Crippen molar-refractivity contribution in [2.24, 2.45) is 5.92 Å². The van der Waals surface area contributed by atoms with E-state index in [0.717, 1.165) is 28.0 Å². The number of halogens is 3. The van der Waals surface area contributed by atoms with Crippen LogP contribution in [0.2, 0.25) is 0 Å². The average molecular weight is 633 g/mol. The first-order valence-electron chi connectivity index (χ1n) is 14.4. The number of aliphatic hydroxyl groups excluding tert-OH is 3. The number of ether oxygens (including phenoxy) is 1. The smallest absolute Gasteiger partial charge is 0.406 e. The quantitative estimate of drug-likeness (QED) is 0.159. The summed E-state index contributed by atoms with van der Waals surface area (Å²) in [6, 6.07) is 6.57. The summed E-state index contributed by atoms with van der Waals surface area (Å²) in [6.45, 7) is 7.45. The Labute approximate surface area is 256 Å². The summed E-state index contributed by atoms with van der Waals surface area (Å²) in [5.41, 5.74) is 4.58. The van der Waals surface area contributed by atoms with E-state index in [1.165, 1.54) is 35.6 Å². The summed E-state index contributed by atoms with van der Waals surface area (Å²) >= 11 is 1.49. The minimum atomic E-state index is -4.78. The lowest BCUT2D eigenvalue weighted by atomic mass is 10.1. The summed E-state index contributed by atoms with van der Waals surface area (Å²) in [5, 5.41) is 38.1. The summed E-state index contributed by atoms with van der Waals surface area (Å²) < 4.78 is 42.7. The Morgan fingerprint density at radius 1 is 1.05 bits per heavy atom. The molecule has 1 fully saturated rings. The predicted molar refractivity (Wildman–Crippen MR) is 162 cm³/mol. The van der Waals surface area contributed by atoms with Gasteiger partial charge in [0.1, 0.15) is 28.2 Å². The van der Waals surface area contributed by atoms with Gasteiger partial charge in [0.15, 0.2) is 0 Å². The van der Waals surface area contributed by atoms with Crippen LogP contribution in [0.4, 0.5) is 24.9 Å². The van der Waals surface area contributed by atoms with Crippen LogP contribution in [0, 0.1) is 12.8 Å². The first-order chi connectivity index (χ1) is 20.9. The molecule has 1 saturated carbocycles. The van der Waals surface area contributed by atoms with Gasteiger partial charge in [0.25, 0.3) is 0 Å². The fourth-order valence-corrected chi connectivity index (χ4v) is 6.59. The first-order valence-corrected chi connectivity index (χ1v) is 15.3. The molecule has 1 aliphatic rings. The molecule has 1 unspecified atom stereocenters. The summed E-state index contributed by atoms with van der Waals surface area (Å²) in [6.07, 6.45) is -5.20. The number of anilines is 2. The van der Waals surface area contributed by atoms with E-state index >= 15 is 0 Å². The molecule has 0 amide bonds. The van der Waals surface area contributed by atoms with Gasteiger partial charge in [0, 0.05) is 18.2 Å². The number of fused-ring (bicyclic) bond motifs is 1. The molecule has 3 aromatic heterocycles. The summed E-state index contributed by atoms with van der Waals surface area (Å²) in [4.78, 5) is 19.1. The van der Waals surface area contributed by atoms with Gasteiger partial charge in [-0.3, -0.25) is 4.98 Å². The molecule has 0 spiro atoms. The highest BCUT2D eigenvalue weighted by molar-refractivity contribution is 7.21. The number of benzene rings is 1. The number of hydrogen-bond donors (Lipinski definition) is 5.